The summed E-state index contributed by atoms with van der Waals surface area (Å²) in [6.07, 6.45) is 2.43. The molecule has 0 aliphatic heterocycles. The number of aryl methyl sites for hydroxylation is 3. The van der Waals surface area contributed by atoms with E-state index in [9.17, 15) is 4.79 Å². The molecule has 0 radical (unpaired) electrons. The summed E-state index contributed by atoms with van der Waals surface area (Å²) in [5.41, 5.74) is 3.97. The summed E-state index contributed by atoms with van der Waals surface area (Å²) in [5, 5.41) is 3.60. The fourth-order valence-electron chi connectivity index (χ4n) is 2.56. The van der Waals surface area contributed by atoms with Crippen LogP contribution >= 0.6 is 11.6 Å². The number of hydrogen-bond acceptors (Lipinski definition) is 3. The number of hydrogen-bond donors (Lipinski definition) is 1. The lowest BCUT2D eigenvalue weighted by Gasteiger charge is -2.08. The first kappa shape index (κ1) is 17.2. The van der Waals surface area contributed by atoms with Crippen molar-refractivity contribution in [3.63, 3.8) is 0 Å². The van der Waals surface area contributed by atoms with E-state index in [4.69, 9.17) is 16.0 Å². The van der Waals surface area contributed by atoms with Crippen LogP contribution < -0.4 is 5.32 Å². The lowest BCUT2D eigenvalue weighted by Crippen LogP contribution is -2.13. The largest absolute Gasteiger partial charge is 0.441 e. The van der Waals surface area contributed by atoms with Gasteiger partial charge in [-0.1, -0.05) is 29.3 Å². The summed E-state index contributed by atoms with van der Waals surface area (Å²) < 4.78 is 5.72. The van der Waals surface area contributed by atoms with Crippen LogP contribution in [0.5, 0.6) is 0 Å². The lowest BCUT2D eigenvalue weighted by molar-refractivity contribution is -0.116. The molecule has 4 nitrogen and oxygen atoms in total. The molecule has 0 aliphatic carbocycles. The Morgan fingerprint density at radius 1 is 1.16 bits per heavy atom. The molecule has 0 fully saturated rings. The van der Waals surface area contributed by atoms with Crippen LogP contribution in [0, 0.1) is 13.8 Å². The quantitative estimate of drug-likeness (QED) is 0.686. The number of aromatic nitrogens is 1. The number of carbonyl (C=O) groups is 1. The highest BCUT2D eigenvalue weighted by Gasteiger charge is 2.10. The van der Waals surface area contributed by atoms with Gasteiger partial charge in [-0.2, -0.15) is 0 Å². The van der Waals surface area contributed by atoms with Gasteiger partial charge in [0.25, 0.3) is 0 Å². The molecule has 1 N–H and O–H groups in total. The Morgan fingerprint density at radius 3 is 2.64 bits per heavy atom. The normalized spacial score (nSPS) is 10.7. The van der Waals surface area contributed by atoms with Crippen molar-refractivity contribution >= 4 is 23.2 Å². The van der Waals surface area contributed by atoms with E-state index in [0.29, 0.717) is 29.5 Å². The molecule has 3 rings (SSSR count). The standard InChI is InChI=1S/C20H19ClN2O2/c1-13-3-8-17(14(2)11-13)23-19(24)9-10-20-22-12-18(25-20)15-4-6-16(21)7-5-15/h3-8,11-12H,9-10H2,1-2H3,(H,23,24). The maximum atomic E-state index is 12.1. The molecule has 0 aliphatic rings. The molecule has 0 spiro atoms. The van der Waals surface area contributed by atoms with Crippen LogP contribution in [0.15, 0.2) is 53.1 Å². The van der Waals surface area contributed by atoms with Crippen molar-refractivity contribution in [2.45, 2.75) is 26.7 Å². The van der Waals surface area contributed by atoms with Crippen molar-refractivity contribution in [2.75, 3.05) is 5.32 Å². The van der Waals surface area contributed by atoms with Crippen LogP contribution in [-0.2, 0) is 11.2 Å². The Bertz CT molecular complexity index is 885. The monoisotopic (exact) mass is 354 g/mol. The zero-order chi connectivity index (χ0) is 17.8. The zero-order valence-corrected chi connectivity index (χ0v) is 14.9. The Labute approximate surface area is 151 Å². The first-order valence-electron chi connectivity index (χ1n) is 8.09. The van der Waals surface area contributed by atoms with Gasteiger partial charge in [0.15, 0.2) is 11.7 Å². The van der Waals surface area contributed by atoms with E-state index in [1.807, 2.05) is 44.2 Å². The predicted molar refractivity (Wildman–Crippen MR) is 99.8 cm³/mol. The van der Waals surface area contributed by atoms with Crippen molar-refractivity contribution in [1.82, 2.24) is 4.98 Å². The second kappa shape index (κ2) is 7.53. The summed E-state index contributed by atoms with van der Waals surface area (Å²) in [6, 6.07) is 13.3. The summed E-state index contributed by atoms with van der Waals surface area (Å²) in [6.45, 7) is 4.01. The molecule has 0 unspecified atom stereocenters. The number of halogens is 1. The fraction of sp³-hybridized carbons (Fsp3) is 0.200. The SMILES string of the molecule is Cc1ccc(NC(=O)CCc2ncc(-c3ccc(Cl)cc3)o2)c(C)c1. The highest BCUT2D eigenvalue weighted by molar-refractivity contribution is 6.30. The Morgan fingerprint density at radius 2 is 1.92 bits per heavy atom. The van der Waals surface area contributed by atoms with Gasteiger partial charge in [0.1, 0.15) is 0 Å². The molecule has 0 atom stereocenters. The third-order valence-electron chi connectivity index (χ3n) is 3.90. The maximum Gasteiger partial charge on any atom is 0.224 e. The average molecular weight is 355 g/mol. The van der Waals surface area contributed by atoms with Gasteiger partial charge in [-0.25, -0.2) is 4.98 Å². The van der Waals surface area contributed by atoms with Gasteiger partial charge >= 0.3 is 0 Å². The van der Waals surface area contributed by atoms with Crippen LogP contribution in [0.4, 0.5) is 5.69 Å². The summed E-state index contributed by atoms with van der Waals surface area (Å²) in [5.74, 6) is 1.15. The minimum Gasteiger partial charge on any atom is -0.441 e. The number of nitrogens with zero attached hydrogens (tertiary/aromatic N) is 1. The predicted octanol–water partition coefficient (Wildman–Crippen LogP) is 5.18. The minimum atomic E-state index is -0.0572. The van der Waals surface area contributed by atoms with E-state index in [1.165, 1.54) is 5.56 Å². The Kier molecular flexibility index (Phi) is 5.19. The van der Waals surface area contributed by atoms with E-state index >= 15 is 0 Å². The van der Waals surface area contributed by atoms with E-state index < -0.39 is 0 Å². The molecule has 3 aromatic rings. The number of anilines is 1. The molecule has 0 saturated carbocycles. The zero-order valence-electron chi connectivity index (χ0n) is 14.2. The van der Waals surface area contributed by atoms with Crippen molar-refractivity contribution in [3.05, 3.63) is 70.7 Å². The van der Waals surface area contributed by atoms with Gasteiger partial charge in [0.2, 0.25) is 5.91 Å². The first-order chi connectivity index (χ1) is 12.0. The van der Waals surface area contributed by atoms with E-state index in [-0.39, 0.29) is 5.91 Å². The maximum absolute atomic E-state index is 12.1. The smallest absolute Gasteiger partial charge is 0.224 e. The number of nitrogens with one attached hydrogen (secondary N) is 1. The molecule has 0 bridgehead atoms. The van der Waals surface area contributed by atoms with Gasteiger partial charge < -0.3 is 9.73 Å². The van der Waals surface area contributed by atoms with Crippen molar-refractivity contribution in [2.24, 2.45) is 0 Å². The topological polar surface area (TPSA) is 55.1 Å². The Hall–Kier alpha value is -2.59. The van der Waals surface area contributed by atoms with E-state index in [2.05, 4.69) is 10.3 Å². The van der Waals surface area contributed by atoms with Gasteiger partial charge in [-0.3, -0.25) is 4.79 Å². The Balaban J connectivity index is 1.58. The van der Waals surface area contributed by atoms with E-state index in [1.54, 1.807) is 18.3 Å². The number of rotatable bonds is 5. The number of carbonyl (C=O) groups excluding carboxylic acids is 1. The number of oxazole rings is 1. The van der Waals surface area contributed by atoms with Gasteiger partial charge in [-0.15, -0.1) is 0 Å². The van der Waals surface area contributed by atoms with Gasteiger partial charge in [0, 0.05) is 29.1 Å². The average Bonchev–Trinajstić information content (AvgIpc) is 3.05. The third kappa shape index (κ3) is 4.48. The molecule has 25 heavy (non-hydrogen) atoms. The molecule has 2 aromatic carbocycles. The summed E-state index contributed by atoms with van der Waals surface area (Å²) >= 11 is 5.88. The number of amides is 1. The van der Waals surface area contributed by atoms with Crippen LogP contribution in [0.1, 0.15) is 23.4 Å². The van der Waals surface area contributed by atoms with Gasteiger partial charge in [0.05, 0.1) is 6.20 Å². The van der Waals surface area contributed by atoms with Crippen LogP contribution in [0.25, 0.3) is 11.3 Å². The molecule has 1 amide bonds. The number of benzene rings is 2. The van der Waals surface area contributed by atoms with Gasteiger partial charge in [-0.05, 0) is 49.7 Å². The summed E-state index contributed by atoms with van der Waals surface area (Å²) in [4.78, 5) is 16.4. The molecule has 128 valence electrons. The second-order valence-electron chi connectivity index (χ2n) is 5.99. The third-order valence-corrected chi connectivity index (χ3v) is 4.16. The van der Waals surface area contributed by atoms with Crippen LogP contribution in [0.3, 0.4) is 0 Å². The molecule has 1 heterocycles. The lowest BCUT2D eigenvalue weighted by atomic mass is 10.1. The molecular formula is C20H19ClN2O2. The van der Waals surface area contributed by atoms with Crippen LogP contribution in [0.2, 0.25) is 5.02 Å². The molecular weight excluding hydrogens is 336 g/mol. The highest BCUT2D eigenvalue weighted by Crippen LogP contribution is 2.23. The minimum absolute atomic E-state index is 0.0572. The molecule has 1 aromatic heterocycles. The fourth-order valence-corrected chi connectivity index (χ4v) is 2.69. The van der Waals surface area contributed by atoms with E-state index in [0.717, 1.165) is 16.8 Å². The highest BCUT2D eigenvalue weighted by atomic mass is 35.5. The van der Waals surface area contributed by atoms with Crippen molar-refractivity contribution < 1.29 is 9.21 Å². The van der Waals surface area contributed by atoms with Crippen molar-refractivity contribution in [1.29, 1.82) is 0 Å². The second-order valence-corrected chi connectivity index (χ2v) is 6.43. The molecule has 0 saturated heterocycles. The first-order valence-corrected chi connectivity index (χ1v) is 8.47. The summed E-state index contributed by atoms with van der Waals surface area (Å²) in [7, 11) is 0. The van der Waals surface area contributed by atoms with Crippen molar-refractivity contribution in [3.8, 4) is 11.3 Å². The van der Waals surface area contributed by atoms with Crippen LogP contribution in [-0.4, -0.2) is 10.9 Å². The molecule has 5 heteroatoms.